The number of H-pyrrole nitrogens is 1. The Bertz CT molecular complexity index is 770. The minimum absolute atomic E-state index is 0.0340. The predicted molar refractivity (Wildman–Crippen MR) is 79.7 cm³/mol. The summed E-state index contributed by atoms with van der Waals surface area (Å²) in [4.78, 5) is 15.1. The Balaban J connectivity index is 2.11. The van der Waals surface area contributed by atoms with Crippen molar-refractivity contribution in [2.75, 3.05) is 13.2 Å². The molecule has 1 atom stereocenters. The first kappa shape index (κ1) is 16.2. The van der Waals surface area contributed by atoms with E-state index in [1.165, 1.54) is 12.5 Å². The second-order valence-corrected chi connectivity index (χ2v) is 4.82. The molecule has 0 saturated carbocycles. The molecule has 1 N–H and O–H groups in total. The summed E-state index contributed by atoms with van der Waals surface area (Å²) in [5.41, 5.74) is 2.88. The number of fused-ring (bicyclic) bond motifs is 1. The van der Waals surface area contributed by atoms with Crippen LogP contribution >= 0.6 is 0 Å². The number of carbonyl (C=O) groups is 1. The zero-order valence-corrected chi connectivity index (χ0v) is 12.5. The van der Waals surface area contributed by atoms with Gasteiger partial charge in [-0.1, -0.05) is 12.1 Å². The fourth-order valence-corrected chi connectivity index (χ4v) is 2.37. The molecule has 1 unspecified atom stereocenters. The quantitative estimate of drug-likeness (QED) is 0.475. The molecule has 0 aliphatic carbocycles. The van der Waals surface area contributed by atoms with Crippen molar-refractivity contribution in [3.05, 3.63) is 35.5 Å². The van der Waals surface area contributed by atoms with Gasteiger partial charge in [0.25, 0.3) is 12.5 Å². The maximum Gasteiger partial charge on any atom is 0.349 e. The number of hydrogen-bond acceptors (Lipinski definition) is 6. The number of carbonyl (C=O) groups excluding carboxylic acids is 1. The van der Waals surface area contributed by atoms with Gasteiger partial charge in [0.05, 0.1) is 0 Å². The van der Waals surface area contributed by atoms with E-state index in [1.54, 1.807) is 6.20 Å². The molecular weight excluding hydrogens is 298 g/mol. The first-order valence-corrected chi connectivity index (χ1v) is 6.95. The molecule has 0 bridgehead atoms. The van der Waals surface area contributed by atoms with Crippen LogP contribution in [0.1, 0.15) is 11.1 Å². The number of aromatic amines is 1. The van der Waals surface area contributed by atoms with Gasteiger partial charge in [0.1, 0.15) is 13.2 Å². The molecule has 2 rings (SSSR count). The molecule has 0 saturated heterocycles. The van der Waals surface area contributed by atoms with E-state index in [9.17, 15) is 4.79 Å². The molecule has 118 valence electrons. The lowest BCUT2D eigenvalue weighted by molar-refractivity contribution is -0.154. The van der Waals surface area contributed by atoms with Crippen LogP contribution in [0.15, 0.2) is 24.4 Å². The van der Waals surface area contributed by atoms with E-state index in [-0.39, 0.29) is 19.6 Å². The summed E-state index contributed by atoms with van der Waals surface area (Å²) in [6, 6.07) is 5.84. The molecule has 2 aromatic rings. The number of nitrogens with zero attached hydrogens (tertiary/aromatic N) is 2. The molecule has 1 heterocycles. The number of benzene rings is 1. The van der Waals surface area contributed by atoms with Crippen molar-refractivity contribution in [3.8, 4) is 12.5 Å². The number of hydrogen-bond donors (Lipinski definition) is 1. The topological polar surface area (TPSA) is 108 Å². The number of aromatic nitrogens is 1. The van der Waals surface area contributed by atoms with E-state index in [1.807, 2.05) is 25.1 Å². The fourth-order valence-electron chi connectivity index (χ4n) is 2.37. The minimum Gasteiger partial charge on any atom is -0.459 e. The second-order valence-electron chi connectivity index (χ2n) is 4.82. The first-order chi connectivity index (χ1) is 11.2. The van der Waals surface area contributed by atoms with Crippen molar-refractivity contribution in [2.24, 2.45) is 0 Å². The zero-order valence-electron chi connectivity index (χ0n) is 12.5. The van der Waals surface area contributed by atoms with E-state index < -0.39 is 12.1 Å². The molecule has 0 fully saturated rings. The summed E-state index contributed by atoms with van der Waals surface area (Å²) in [5.74, 6) is -0.670. The van der Waals surface area contributed by atoms with E-state index in [2.05, 4.69) is 9.72 Å². The highest BCUT2D eigenvalue weighted by Gasteiger charge is 2.24. The Morgan fingerprint density at radius 3 is 2.87 bits per heavy atom. The highest BCUT2D eigenvalue weighted by Crippen LogP contribution is 2.23. The number of aryl methyl sites for hydroxylation is 1. The zero-order chi connectivity index (χ0) is 16.7. The molecule has 7 heteroatoms. The Labute approximate surface area is 133 Å². The molecule has 23 heavy (non-hydrogen) atoms. The van der Waals surface area contributed by atoms with Gasteiger partial charge in [0.2, 0.25) is 6.10 Å². The average molecular weight is 313 g/mol. The molecule has 1 aromatic heterocycles. The first-order valence-electron chi connectivity index (χ1n) is 6.95. The number of nitriles is 2. The third-order valence-electron chi connectivity index (χ3n) is 3.35. The van der Waals surface area contributed by atoms with Gasteiger partial charge in [0.15, 0.2) is 0 Å². The molecule has 7 nitrogen and oxygen atoms in total. The minimum atomic E-state index is -1.04. The number of esters is 1. The second kappa shape index (κ2) is 7.71. The van der Waals surface area contributed by atoms with E-state index in [4.69, 9.17) is 20.0 Å². The molecule has 0 amide bonds. The average Bonchev–Trinajstić information content (AvgIpc) is 2.95. The van der Waals surface area contributed by atoms with Crippen LogP contribution in [0.5, 0.6) is 0 Å². The summed E-state index contributed by atoms with van der Waals surface area (Å²) < 4.78 is 14.2. The summed E-state index contributed by atoms with van der Waals surface area (Å²) in [6.07, 6.45) is 3.96. The van der Waals surface area contributed by atoms with Crippen LogP contribution in [0, 0.1) is 30.0 Å². The summed E-state index contributed by atoms with van der Waals surface area (Å²) in [6.45, 7) is 1.86. The van der Waals surface area contributed by atoms with Crippen molar-refractivity contribution in [2.45, 2.75) is 19.4 Å². The van der Waals surface area contributed by atoms with Gasteiger partial charge in [0, 0.05) is 23.5 Å². The van der Waals surface area contributed by atoms with Gasteiger partial charge in [-0.2, -0.15) is 10.5 Å². The maximum absolute atomic E-state index is 12.0. The van der Waals surface area contributed by atoms with Gasteiger partial charge in [-0.25, -0.2) is 4.79 Å². The van der Waals surface area contributed by atoms with Crippen molar-refractivity contribution < 1.29 is 19.0 Å². The summed E-state index contributed by atoms with van der Waals surface area (Å²) >= 11 is 0. The van der Waals surface area contributed by atoms with Crippen LogP contribution in [-0.2, 0) is 25.4 Å². The normalized spacial score (nSPS) is 11.3. The van der Waals surface area contributed by atoms with E-state index >= 15 is 0 Å². The van der Waals surface area contributed by atoms with Crippen LogP contribution in [0.2, 0.25) is 0 Å². The van der Waals surface area contributed by atoms with Gasteiger partial charge < -0.3 is 19.2 Å². The third-order valence-corrected chi connectivity index (χ3v) is 3.35. The Hall–Kier alpha value is -3.19. The van der Waals surface area contributed by atoms with E-state index in [0.717, 1.165) is 22.0 Å². The molecule has 0 aliphatic rings. The Morgan fingerprint density at radius 2 is 2.13 bits per heavy atom. The lowest BCUT2D eigenvalue weighted by Gasteiger charge is -2.13. The summed E-state index contributed by atoms with van der Waals surface area (Å²) in [5, 5.41) is 18.0. The predicted octanol–water partition coefficient (Wildman–Crippen LogP) is 1.93. The lowest BCUT2D eigenvalue weighted by Crippen LogP contribution is -2.28. The number of ether oxygens (including phenoxy) is 3. The van der Waals surface area contributed by atoms with Crippen LogP contribution in [0.25, 0.3) is 10.9 Å². The van der Waals surface area contributed by atoms with Gasteiger partial charge >= 0.3 is 5.97 Å². The van der Waals surface area contributed by atoms with Crippen molar-refractivity contribution in [3.63, 3.8) is 0 Å². The SMILES string of the molecule is Cc1cccc2[nH]cc(CC(OC#N)C(=O)OCCOC#N)c12. The van der Waals surface area contributed by atoms with Crippen LogP contribution < -0.4 is 0 Å². The standard InChI is InChI=1S/C16H15N3O4/c1-11-3-2-4-13-15(11)12(8-19-13)7-14(23-10-18)16(20)22-6-5-21-9-17/h2-4,8,14,19H,5-7H2,1H3. The van der Waals surface area contributed by atoms with Crippen molar-refractivity contribution >= 4 is 16.9 Å². The molecular formula is C16H15N3O4. The van der Waals surface area contributed by atoms with Gasteiger partial charge in [-0.15, -0.1) is 0 Å². The van der Waals surface area contributed by atoms with Gasteiger partial charge in [-0.3, -0.25) is 0 Å². The molecule has 0 radical (unpaired) electrons. The van der Waals surface area contributed by atoms with E-state index in [0.29, 0.717) is 0 Å². The Kier molecular flexibility index (Phi) is 5.43. The van der Waals surface area contributed by atoms with Crippen molar-refractivity contribution in [1.29, 1.82) is 10.5 Å². The van der Waals surface area contributed by atoms with Crippen molar-refractivity contribution in [1.82, 2.24) is 4.98 Å². The van der Waals surface area contributed by atoms with Gasteiger partial charge in [-0.05, 0) is 24.1 Å². The van der Waals surface area contributed by atoms with Crippen LogP contribution in [0.4, 0.5) is 0 Å². The highest BCUT2D eigenvalue weighted by atomic mass is 16.6. The highest BCUT2D eigenvalue weighted by molar-refractivity contribution is 5.87. The number of nitrogens with one attached hydrogen (secondary N) is 1. The smallest absolute Gasteiger partial charge is 0.349 e. The van der Waals surface area contributed by atoms with Crippen LogP contribution in [-0.4, -0.2) is 30.3 Å². The largest absolute Gasteiger partial charge is 0.459 e. The molecule has 1 aromatic carbocycles. The number of rotatable bonds is 7. The Morgan fingerprint density at radius 1 is 1.30 bits per heavy atom. The van der Waals surface area contributed by atoms with Crippen LogP contribution in [0.3, 0.4) is 0 Å². The summed E-state index contributed by atoms with van der Waals surface area (Å²) in [7, 11) is 0. The molecule has 0 aliphatic heterocycles. The third kappa shape index (κ3) is 3.92. The fraction of sp³-hybridized carbons (Fsp3) is 0.312. The lowest BCUT2D eigenvalue weighted by atomic mass is 10.0. The molecule has 0 spiro atoms. The monoisotopic (exact) mass is 313 g/mol. The maximum atomic E-state index is 12.0.